The Bertz CT molecular complexity index is 821. The fraction of sp³-hybridized carbons (Fsp3) is 0.381. The van der Waals surface area contributed by atoms with E-state index in [0.717, 1.165) is 18.7 Å². The fourth-order valence-electron chi connectivity index (χ4n) is 3.56. The number of pyridine rings is 1. The van der Waals surface area contributed by atoms with Crippen molar-refractivity contribution in [2.24, 2.45) is 0 Å². The highest BCUT2D eigenvalue weighted by Gasteiger charge is 2.22. The van der Waals surface area contributed by atoms with Gasteiger partial charge in [-0.25, -0.2) is 0 Å². The van der Waals surface area contributed by atoms with Gasteiger partial charge in [-0.05, 0) is 49.9 Å². The highest BCUT2D eigenvalue weighted by Crippen LogP contribution is 2.26. The number of aromatic nitrogens is 1. The van der Waals surface area contributed by atoms with Gasteiger partial charge in [-0.1, -0.05) is 13.0 Å². The van der Waals surface area contributed by atoms with Gasteiger partial charge in [0.15, 0.2) is 0 Å². The van der Waals surface area contributed by atoms with Crippen molar-refractivity contribution >= 4 is 28.9 Å². The van der Waals surface area contributed by atoms with E-state index in [4.69, 9.17) is 0 Å². The molecule has 1 fully saturated rings. The Hall–Kier alpha value is -2.89. The Labute approximate surface area is 160 Å². The van der Waals surface area contributed by atoms with Crippen LogP contribution in [0.15, 0.2) is 42.7 Å². The number of rotatable bonds is 5. The molecule has 1 aliphatic rings. The van der Waals surface area contributed by atoms with Gasteiger partial charge in [-0.3, -0.25) is 14.6 Å². The molecule has 3 rings (SSSR count). The Kier molecular flexibility index (Phi) is 6.06. The second-order valence-electron chi connectivity index (χ2n) is 6.90. The molecule has 1 unspecified atom stereocenters. The van der Waals surface area contributed by atoms with E-state index in [-0.39, 0.29) is 11.8 Å². The van der Waals surface area contributed by atoms with Gasteiger partial charge in [0.1, 0.15) is 0 Å². The van der Waals surface area contributed by atoms with E-state index in [9.17, 15) is 9.59 Å². The summed E-state index contributed by atoms with van der Waals surface area (Å²) in [6.07, 6.45) is 8.12. The maximum atomic E-state index is 12.7. The molecule has 0 radical (unpaired) electrons. The average molecular weight is 366 g/mol. The summed E-state index contributed by atoms with van der Waals surface area (Å²) >= 11 is 0. The van der Waals surface area contributed by atoms with Gasteiger partial charge in [-0.2, -0.15) is 0 Å². The quantitative estimate of drug-likeness (QED) is 0.837. The molecule has 1 atom stereocenters. The Balaban J connectivity index is 1.75. The van der Waals surface area contributed by atoms with Crippen LogP contribution in [0.5, 0.6) is 0 Å². The summed E-state index contributed by atoms with van der Waals surface area (Å²) in [5, 5.41) is 5.59. The van der Waals surface area contributed by atoms with Crippen LogP contribution in [-0.2, 0) is 4.79 Å². The molecule has 2 amide bonds. The minimum Gasteiger partial charge on any atom is -0.367 e. The number of benzene rings is 1. The first-order valence-corrected chi connectivity index (χ1v) is 9.47. The van der Waals surface area contributed by atoms with E-state index >= 15 is 0 Å². The number of carbonyl (C=O) groups is 2. The second kappa shape index (κ2) is 8.66. The molecule has 1 aromatic carbocycles. The summed E-state index contributed by atoms with van der Waals surface area (Å²) < 4.78 is 0. The number of hydrogen-bond acceptors (Lipinski definition) is 4. The van der Waals surface area contributed by atoms with Crippen LogP contribution in [0.1, 0.15) is 49.9 Å². The number of amides is 2. The lowest BCUT2D eigenvalue weighted by molar-refractivity contribution is -0.114. The molecule has 0 spiro atoms. The van der Waals surface area contributed by atoms with Gasteiger partial charge in [0.2, 0.25) is 5.91 Å². The molecule has 0 aliphatic carbocycles. The van der Waals surface area contributed by atoms with Crippen molar-refractivity contribution in [1.29, 1.82) is 0 Å². The lowest BCUT2D eigenvalue weighted by Gasteiger charge is -2.37. The molecule has 27 heavy (non-hydrogen) atoms. The van der Waals surface area contributed by atoms with Crippen molar-refractivity contribution in [2.75, 3.05) is 22.1 Å². The number of hydrogen-bond donors (Lipinski definition) is 2. The third-order valence-corrected chi connectivity index (χ3v) is 4.86. The van der Waals surface area contributed by atoms with E-state index in [0.29, 0.717) is 23.0 Å². The van der Waals surface area contributed by atoms with Crippen molar-refractivity contribution < 1.29 is 9.59 Å². The molecule has 142 valence electrons. The molecule has 6 nitrogen and oxygen atoms in total. The number of nitrogens with one attached hydrogen (secondary N) is 2. The first-order valence-electron chi connectivity index (χ1n) is 9.47. The van der Waals surface area contributed by atoms with E-state index in [1.54, 1.807) is 30.5 Å². The van der Waals surface area contributed by atoms with Gasteiger partial charge < -0.3 is 15.5 Å². The zero-order chi connectivity index (χ0) is 19.2. The van der Waals surface area contributed by atoms with Crippen molar-refractivity contribution in [1.82, 2.24) is 4.98 Å². The topological polar surface area (TPSA) is 74.3 Å². The monoisotopic (exact) mass is 366 g/mol. The number of carbonyl (C=O) groups excluding carboxylic acids is 2. The molecule has 1 aliphatic heterocycles. The minimum atomic E-state index is -0.214. The lowest BCUT2D eigenvalue weighted by Crippen LogP contribution is -2.39. The SMILES string of the molecule is CCC1CCCCN1c1cncc(C(=O)Nc2cccc(NC(C)=O)c2)c1. The summed E-state index contributed by atoms with van der Waals surface area (Å²) in [6.45, 7) is 4.66. The smallest absolute Gasteiger partial charge is 0.257 e. The Morgan fingerprint density at radius 2 is 1.93 bits per heavy atom. The summed E-state index contributed by atoms with van der Waals surface area (Å²) in [4.78, 5) is 30.5. The zero-order valence-corrected chi connectivity index (χ0v) is 15.9. The first-order chi connectivity index (χ1) is 13.1. The van der Waals surface area contributed by atoms with Crippen molar-refractivity contribution in [2.45, 2.75) is 45.6 Å². The van der Waals surface area contributed by atoms with E-state index in [1.807, 2.05) is 12.3 Å². The van der Waals surface area contributed by atoms with Crippen LogP contribution in [-0.4, -0.2) is 29.4 Å². The third kappa shape index (κ3) is 4.84. The third-order valence-electron chi connectivity index (χ3n) is 4.86. The predicted molar refractivity (Wildman–Crippen MR) is 108 cm³/mol. The fourth-order valence-corrected chi connectivity index (χ4v) is 3.56. The maximum absolute atomic E-state index is 12.7. The standard InChI is InChI=1S/C21H26N4O2/c1-3-19-9-4-5-10-25(19)20-11-16(13-22-14-20)21(27)24-18-8-6-7-17(12-18)23-15(2)26/h6-8,11-14,19H,3-5,9-10H2,1-2H3,(H,23,26)(H,24,27). The molecule has 2 heterocycles. The highest BCUT2D eigenvalue weighted by atomic mass is 16.2. The van der Waals surface area contributed by atoms with Gasteiger partial charge in [0.25, 0.3) is 5.91 Å². The molecule has 1 saturated heterocycles. The Morgan fingerprint density at radius 1 is 1.15 bits per heavy atom. The highest BCUT2D eigenvalue weighted by molar-refractivity contribution is 6.05. The minimum absolute atomic E-state index is 0.151. The van der Waals surface area contributed by atoms with Crippen LogP contribution < -0.4 is 15.5 Å². The molecular formula is C21H26N4O2. The van der Waals surface area contributed by atoms with Crippen molar-refractivity contribution in [3.05, 3.63) is 48.3 Å². The molecule has 2 N–H and O–H groups in total. The summed E-state index contributed by atoms with van der Waals surface area (Å²) in [5.74, 6) is -0.364. The summed E-state index contributed by atoms with van der Waals surface area (Å²) in [5.41, 5.74) is 2.80. The number of anilines is 3. The van der Waals surface area contributed by atoms with Gasteiger partial charge >= 0.3 is 0 Å². The van der Waals surface area contributed by atoms with E-state index < -0.39 is 0 Å². The van der Waals surface area contributed by atoms with Gasteiger partial charge in [0.05, 0.1) is 17.4 Å². The maximum Gasteiger partial charge on any atom is 0.257 e. The first kappa shape index (κ1) is 18.9. The molecule has 1 aromatic heterocycles. The van der Waals surface area contributed by atoms with Crippen LogP contribution in [0.2, 0.25) is 0 Å². The predicted octanol–water partition coefficient (Wildman–Crippen LogP) is 4.06. The molecule has 2 aromatic rings. The molecule has 6 heteroatoms. The van der Waals surface area contributed by atoms with Crippen LogP contribution >= 0.6 is 0 Å². The molecule has 0 saturated carbocycles. The van der Waals surface area contributed by atoms with Gasteiger partial charge in [-0.15, -0.1) is 0 Å². The van der Waals surface area contributed by atoms with E-state index in [2.05, 4.69) is 27.4 Å². The summed E-state index contributed by atoms with van der Waals surface area (Å²) in [7, 11) is 0. The average Bonchev–Trinajstić information content (AvgIpc) is 2.68. The Morgan fingerprint density at radius 3 is 2.67 bits per heavy atom. The summed E-state index contributed by atoms with van der Waals surface area (Å²) in [6, 6.07) is 9.50. The lowest BCUT2D eigenvalue weighted by atomic mass is 9.99. The number of nitrogens with zero attached hydrogens (tertiary/aromatic N) is 2. The van der Waals surface area contributed by atoms with Crippen LogP contribution in [0, 0.1) is 0 Å². The normalized spacial score (nSPS) is 16.7. The van der Waals surface area contributed by atoms with E-state index in [1.165, 1.54) is 26.2 Å². The zero-order valence-electron chi connectivity index (χ0n) is 15.9. The second-order valence-corrected chi connectivity index (χ2v) is 6.90. The van der Waals surface area contributed by atoms with Crippen LogP contribution in [0.25, 0.3) is 0 Å². The molecular weight excluding hydrogens is 340 g/mol. The number of piperidine rings is 1. The largest absolute Gasteiger partial charge is 0.367 e. The van der Waals surface area contributed by atoms with Crippen molar-refractivity contribution in [3.8, 4) is 0 Å². The van der Waals surface area contributed by atoms with Crippen molar-refractivity contribution in [3.63, 3.8) is 0 Å². The van der Waals surface area contributed by atoms with Crippen LogP contribution in [0.3, 0.4) is 0 Å². The van der Waals surface area contributed by atoms with Gasteiger partial charge in [0, 0.05) is 37.1 Å². The molecule has 0 bridgehead atoms. The van der Waals surface area contributed by atoms with Crippen LogP contribution in [0.4, 0.5) is 17.1 Å².